The third-order valence-electron chi connectivity index (χ3n) is 2.85. The number of nitrogens with zero attached hydrogens (tertiary/aromatic N) is 1. The third kappa shape index (κ3) is 2.96. The molecule has 2 atom stereocenters. The summed E-state index contributed by atoms with van der Waals surface area (Å²) in [5.74, 6) is 0.469. The maximum atomic E-state index is 11.6. The highest BCUT2D eigenvalue weighted by Crippen LogP contribution is 2.19. The van der Waals surface area contributed by atoms with Crippen LogP contribution in [0.15, 0.2) is 0 Å². The van der Waals surface area contributed by atoms with Crippen molar-refractivity contribution < 1.29 is 9.90 Å². The standard InChI is InChI=1S/C10H20N2O2/c1-8(13)9-4-6-12(7-9)10(14)3-5-11-2/h8-9,11,13H,3-7H2,1-2H3. The zero-order chi connectivity index (χ0) is 10.6. The Morgan fingerprint density at radius 1 is 1.71 bits per heavy atom. The van der Waals surface area contributed by atoms with Crippen LogP contribution in [0.2, 0.25) is 0 Å². The average Bonchev–Trinajstić information content (AvgIpc) is 2.62. The topological polar surface area (TPSA) is 52.6 Å². The van der Waals surface area contributed by atoms with Crippen LogP contribution in [-0.4, -0.2) is 48.7 Å². The molecule has 2 unspecified atom stereocenters. The Labute approximate surface area is 85.3 Å². The fraction of sp³-hybridized carbons (Fsp3) is 0.900. The molecule has 0 bridgehead atoms. The number of aliphatic hydroxyl groups is 1. The zero-order valence-electron chi connectivity index (χ0n) is 8.99. The van der Waals surface area contributed by atoms with E-state index >= 15 is 0 Å². The Kier molecular flexibility index (Phi) is 4.35. The number of nitrogens with one attached hydrogen (secondary N) is 1. The molecule has 0 aliphatic carbocycles. The lowest BCUT2D eigenvalue weighted by Crippen LogP contribution is -2.32. The molecule has 0 radical (unpaired) electrons. The smallest absolute Gasteiger partial charge is 0.223 e. The molecule has 1 heterocycles. The molecule has 1 amide bonds. The van der Waals surface area contributed by atoms with Gasteiger partial charge in [0.15, 0.2) is 0 Å². The van der Waals surface area contributed by atoms with Crippen molar-refractivity contribution in [2.24, 2.45) is 5.92 Å². The molecule has 1 aliphatic rings. The average molecular weight is 200 g/mol. The van der Waals surface area contributed by atoms with Crippen LogP contribution in [0.5, 0.6) is 0 Å². The summed E-state index contributed by atoms with van der Waals surface area (Å²) in [5, 5.41) is 12.3. The second-order valence-corrected chi connectivity index (χ2v) is 3.98. The monoisotopic (exact) mass is 200 g/mol. The summed E-state index contributed by atoms with van der Waals surface area (Å²) >= 11 is 0. The lowest BCUT2D eigenvalue weighted by Gasteiger charge is -2.17. The van der Waals surface area contributed by atoms with E-state index in [9.17, 15) is 9.90 Å². The predicted molar refractivity (Wildman–Crippen MR) is 54.9 cm³/mol. The van der Waals surface area contributed by atoms with Gasteiger partial charge in [-0.2, -0.15) is 0 Å². The SMILES string of the molecule is CNCCC(=O)N1CCC(C(C)O)C1. The Hall–Kier alpha value is -0.610. The van der Waals surface area contributed by atoms with Crippen LogP contribution in [0, 0.1) is 5.92 Å². The first-order valence-corrected chi connectivity index (χ1v) is 5.25. The summed E-state index contributed by atoms with van der Waals surface area (Å²) in [7, 11) is 1.84. The van der Waals surface area contributed by atoms with E-state index in [0.717, 1.165) is 26.1 Å². The van der Waals surface area contributed by atoms with Gasteiger partial charge in [0.05, 0.1) is 6.10 Å². The summed E-state index contributed by atoms with van der Waals surface area (Å²) in [5.41, 5.74) is 0. The molecular weight excluding hydrogens is 180 g/mol. The highest BCUT2D eigenvalue weighted by molar-refractivity contribution is 5.76. The number of amides is 1. The minimum absolute atomic E-state index is 0.197. The first kappa shape index (κ1) is 11.5. The van der Waals surface area contributed by atoms with Crippen molar-refractivity contribution in [3.8, 4) is 0 Å². The van der Waals surface area contributed by atoms with Gasteiger partial charge in [-0.3, -0.25) is 4.79 Å². The van der Waals surface area contributed by atoms with E-state index in [1.165, 1.54) is 0 Å². The van der Waals surface area contributed by atoms with Gasteiger partial charge in [0.1, 0.15) is 0 Å². The molecule has 1 aliphatic heterocycles. The van der Waals surface area contributed by atoms with Gasteiger partial charge in [-0.1, -0.05) is 0 Å². The van der Waals surface area contributed by atoms with Gasteiger partial charge in [-0.15, -0.1) is 0 Å². The molecule has 0 spiro atoms. The molecule has 0 aromatic rings. The van der Waals surface area contributed by atoms with Crippen LogP contribution in [0.1, 0.15) is 19.8 Å². The number of rotatable bonds is 4. The Balaban J connectivity index is 2.30. The minimum atomic E-state index is -0.294. The molecule has 14 heavy (non-hydrogen) atoms. The van der Waals surface area contributed by atoms with Crippen LogP contribution in [0.3, 0.4) is 0 Å². The van der Waals surface area contributed by atoms with Crippen molar-refractivity contribution in [2.45, 2.75) is 25.9 Å². The Morgan fingerprint density at radius 2 is 2.43 bits per heavy atom. The lowest BCUT2D eigenvalue weighted by molar-refractivity contribution is -0.130. The molecule has 1 rings (SSSR count). The number of hydrogen-bond donors (Lipinski definition) is 2. The van der Waals surface area contributed by atoms with Crippen molar-refractivity contribution in [3.05, 3.63) is 0 Å². The van der Waals surface area contributed by atoms with Crippen LogP contribution in [0.4, 0.5) is 0 Å². The number of carbonyl (C=O) groups is 1. The lowest BCUT2D eigenvalue weighted by atomic mass is 10.0. The van der Waals surface area contributed by atoms with Crippen LogP contribution >= 0.6 is 0 Å². The molecule has 0 saturated carbocycles. The van der Waals surface area contributed by atoms with E-state index in [1.807, 2.05) is 11.9 Å². The van der Waals surface area contributed by atoms with Gasteiger partial charge in [-0.05, 0) is 20.4 Å². The summed E-state index contributed by atoms with van der Waals surface area (Å²) < 4.78 is 0. The van der Waals surface area contributed by atoms with Crippen LogP contribution in [0.25, 0.3) is 0 Å². The van der Waals surface area contributed by atoms with Gasteiger partial charge in [0.2, 0.25) is 5.91 Å². The van der Waals surface area contributed by atoms with E-state index in [2.05, 4.69) is 5.32 Å². The number of hydrogen-bond acceptors (Lipinski definition) is 3. The third-order valence-corrected chi connectivity index (χ3v) is 2.85. The molecule has 1 fully saturated rings. The van der Waals surface area contributed by atoms with Gasteiger partial charge in [-0.25, -0.2) is 0 Å². The van der Waals surface area contributed by atoms with Crippen molar-refractivity contribution >= 4 is 5.91 Å². The van der Waals surface area contributed by atoms with Gasteiger partial charge in [0.25, 0.3) is 0 Å². The van der Waals surface area contributed by atoms with Gasteiger partial charge >= 0.3 is 0 Å². The summed E-state index contributed by atoms with van der Waals surface area (Å²) in [6.45, 7) is 4.05. The van der Waals surface area contributed by atoms with E-state index in [-0.39, 0.29) is 17.9 Å². The number of carbonyl (C=O) groups excluding carboxylic acids is 1. The highest BCUT2D eigenvalue weighted by Gasteiger charge is 2.28. The number of likely N-dealkylation sites (tertiary alicyclic amines) is 1. The van der Waals surface area contributed by atoms with Gasteiger partial charge in [0, 0.05) is 32.0 Å². The molecular formula is C10H20N2O2. The summed E-state index contributed by atoms with van der Waals surface area (Å²) in [6, 6.07) is 0. The predicted octanol–water partition coefficient (Wildman–Crippen LogP) is -0.175. The first-order chi connectivity index (χ1) is 6.65. The van der Waals surface area contributed by atoms with Crippen LogP contribution in [-0.2, 0) is 4.79 Å². The summed E-state index contributed by atoms with van der Waals surface area (Å²) in [4.78, 5) is 13.4. The zero-order valence-corrected chi connectivity index (χ0v) is 8.99. The van der Waals surface area contributed by atoms with Crippen molar-refractivity contribution in [2.75, 3.05) is 26.7 Å². The molecule has 0 aromatic carbocycles. The highest BCUT2D eigenvalue weighted by atomic mass is 16.3. The fourth-order valence-electron chi connectivity index (χ4n) is 1.80. The maximum absolute atomic E-state index is 11.6. The Morgan fingerprint density at radius 3 is 2.93 bits per heavy atom. The van der Waals surface area contributed by atoms with E-state index in [1.54, 1.807) is 6.92 Å². The largest absolute Gasteiger partial charge is 0.393 e. The molecule has 4 nitrogen and oxygen atoms in total. The van der Waals surface area contributed by atoms with E-state index in [0.29, 0.717) is 6.42 Å². The van der Waals surface area contributed by atoms with E-state index in [4.69, 9.17) is 0 Å². The minimum Gasteiger partial charge on any atom is -0.393 e. The fourth-order valence-corrected chi connectivity index (χ4v) is 1.80. The molecule has 0 aromatic heterocycles. The molecule has 2 N–H and O–H groups in total. The molecule has 82 valence electrons. The second-order valence-electron chi connectivity index (χ2n) is 3.98. The molecule has 1 saturated heterocycles. The van der Waals surface area contributed by atoms with Crippen molar-refractivity contribution in [3.63, 3.8) is 0 Å². The summed E-state index contributed by atoms with van der Waals surface area (Å²) in [6.07, 6.45) is 1.20. The maximum Gasteiger partial charge on any atom is 0.223 e. The van der Waals surface area contributed by atoms with Crippen LogP contribution < -0.4 is 5.32 Å². The van der Waals surface area contributed by atoms with Crippen molar-refractivity contribution in [1.29, 1.82) is 0 Å². The van der Waals surface area contributed by atoms with Gasteiger partial charge < -0.3 is 15.3 Å². The Bertz CT molecular complexity index is 195. The van der Waals surface area contributed by atoms with E-state index < -0.39 is 0 Å². The quantitative estimate of drug-likeness (QED) is 0.662. The normalized spacial score (nSPS) is 23.9. The number of aliphatic hydroxyl groups excluding tert-OH is 1. The second kappa shape index (κ2) is 5.32. The van der Waals surface area contributed by atoms with Crippen molar-refractivity contribution in [1.82, 2.24) is 10.2 Å². The first-order valence-electron chi connectivity index (χ1n) is 5.25. The molecule has 4 heteroatoms.